The van der Waals surface area contributed by atoms with Gasteiger partial charge in [-0.25, -0.2) is 13.1 Å². The van der Waals surface area contributed by atoms with Crippen LogP contribution in [0.1, 0.15) is 51.7 Å². The van der Waals surface area contributed by atoms with Gasteiger partial charge >= 0.3 is 0 Å². The zero-order valence-electron chi connectivity index (χ0n) is 16.2. The Balaban J connectivity index is 1.91. The SMILES string of the molecule is CC(C)c1ccc(S(=O)(=O)NCCOc2cccc(C(C)(C)C)c2)cc1. The summed E-state index contributed by atoms with van der Waals surface area (Å²) in [6.07, 6.45) is 0. The normalized spacial score (nSPS) is 12.4. The van der Waals surface area contributed by atoms with Crippen LogP contribution in [0.2, 0.25) is 0 Å². The fourth-order valence-corrected chi connectivity index (χ4v) is 3.53. The van der Waals surface area contributed by atoms with Crippen molar-refractivity contribution in [2.45, 2.75) is 50.8 Å². The molecule has 142 valence electrons. The van der Waals surface area contributed by atoms with E-state index in [4.69, 9.17) is 4.74 Å². The van der Waals surface area contributed by atoms with Gasteiger partial charge in [0.15, 0.2) is 0 Å². The van der Waals surface area contributed by atoms with Crippen LogP contribution in [0.15, 0.2) is 53.4 Å². The lowest BCUT2D eigenvalue weighted by Crippen LogP contribution is -2.28. The van der Waals surface area contributed by atoms with E-state index in [1.807, 2.05) is 30.3 Å². The molecule has 0 radical (unpaired) electrons. The molecule has 26 heavy (non-hydrogen) atoms. The summed E-state index contributed by atoms with van der Waals surface area (Å²) in [7, 11) is -3.52. The highest BCUT2D eigenvalue weighted by atomic mass is 32.2. The average molecular weight is 376 g/mol. The van der Waals surface area contributed by atoms with Crippen LogP contribution in [0, 0.1) is 0 Å². The fraction of sp³-hybridized carbons (Fsp3) is 0.429. The Morgan fingerprint density at radius 2 is 1.69 bits per heavy atom. The molecule has 0 atom stereocenters. The van der Waals surface area contributed by atoms with E-state index in [0.717, 1.165) is 11.3 Å². The van der Waals surface area contributed by atoms with Crippen molar-refractivity contribution >= 4 is 10.0 Å². The minimum atomic E-state index is -3.52. The first-order chi connectivity index (χ1) is 12.1. The molecule has 2 aromatic carbocycles. The molecule has 2 aromatic rings. The molecule has 1 N–H and O–H groups in total. The summed E-state index contributed by atoms with van der Waals surface area (Å²) in [5.74, 6) is 1.12. The van der Waals surface area contributed by atoms with Crippen molar-refractivity contribution in [3.8, 4) is 5.75 Å². The second-order valence-corrected chi connectivity index (χ2v) is 9.51. The van der Waals surface area contributed by atoms with Crippen molar-refractivity contribution in [1.82, 2.24) is 4.72 Å². The Hall–Kier alpha value is -1.85. The molecule has 0 aliphatic rings. The number of rotatable bonds is 7. The Morgan fingerprint density at radius 3 is 2.27 bits per heavy atom. The summed E-state index contributed by atoms with van der Waals surface area (Å²) in [6, 6.07) is 14.9. The van der Waals surface area contributed by atoms with Crippen molar-refractivity contribution in [2.75, 3.05) is 13.2 Å². The van der Waals surface area contributed by atoms with Crippen LogP contribution in [-0.2, 0) is 15.4 Å². The molecule has 0 amide bonds. The standard InChI is InChI=1S/C21H29NO3S/c1-16(2)17-9-11-20(12-10-17)26(23,24)22-13-14-25-19-8-6-7-18(15-19)21(3,4)5/h6-12,15-16,22H,13-14H2,1-5H3. The molecule has 0 spiro atoms. The predicted octanol–water partition coefficient (Wildman–Crippen LogP) is 4.46. The minimum absolute atomic E-state index is 0.0448. The van der Waals surface area contributed by atoms with E-state index in [1.54, 1.807) is 12.1 Å². The van der Waals surface area contributed by atoms with Crippen LogP contribution in [-0.4, -0.2) is 21.6 Å². The van der Waals surface area contributed by atoms with Crippen molar-refractivity contribution < 1.29 is 13.2 Å². The molecule has 0 aliphatic carbocycles. The number of sulfonamides is 1. The van der Waals surface area contributed by atoms with Crippen LogP contribution in [0.3, 0.4) is 0 Å². The van der Waals surface area contributed by atoms with E-state index in [9.17, 15) is 8.42 Å². The van der Waals surface area contributed by atoms with Crippen molar-refractivity contribution in [3.63, 3.8) is 0 Å². The van der Waals surface area contributed by atoms with Gasteiger partial charge < -0.3 is 4.74 Å². The van der Waals surface area contributed by atoms with Crippen molar-refractivity contribution in [2.24, 2.45) is 0 Å². The molecular formula is C21H29NO3S. The first kappa shape index (κ1) is 20.5. The maximum absolute atomic E-state index is 12.3. The smallest absolute Gasteiger partial charge is 0.240 e. The van der Waals surface area contributed by atoms with Crippen LogP contribution < -0.4 is 9.46 Å². The second-order valence-electron chi connectivity index (χ2n) is 7.75. The molecular weight excluding hydrogens is 346 g/mol. The van der Waals surface area contributed by atoms with Crippen LogP contribution in [0.25, 0.3) is 0 Å². The summed E-state index contributed by atoms with van der Waals surface area (Å²) in [4.78, 5) is 0.275. The molecule has 0 aliphatic heterocycles. The Bertz CT molecular complexity index is 819. The Morgan fingerprint density at radius 1 is 1.04 bits per heavy atom. The largest absolute Gasteiger partial charge is 0.492 e. The van der Waals surface area contributed by atoms with Crippen molar-refractivity contribution in [1.29, 1.82) is 0 Å². The van der Waals surface area contributed by atoms with Gasteiger partial charge in [0, 0.05) is 6.54 Å². The number of hydrogen-bond donors (Lipinski definition) is 1. The first-order valence-electron chi connectivity index (χ1n) is 8.92. The third kappa shape index (κ3) is 5.58. The maximum atomic E-state index is 12.3. The third-order valence-corrected chi connectivity index (χ3v) is 5.70. The van der Waals surface area contributed by atoms with Gasteiger partial charge in [-0.05, 0) is 46.7 Å². The van der Waals surface area contributed by atoms with Crippen molar-refractivity contribution in [3.05, 3.63) is 59.7 Å². The highest BCUT2D eigenvalue weighted by Crippen LogP contribution is 2.25. The summed E-state index contributed by atoms with van der Waals surface area (Å²) in [6.45, 7) is 11.1. The van der Waals surface area contributed by atoms with Gasteiger partial charge in [0.2, 0.25) is 10.0 Å². The minimum Gasteiger partial charge on any atom is -0.492 e. The Kier molecular flexibility index (Phi) is 6.48. The number of hydrogen-bond acceptors (Lipinski definition) is 3. The number of benzene rings is 2. The highest BCUT2D eigenvalue weighted by molar-refractivity contribution is 7.89. The van der Waals surface area contributed by atoms with E-state index in [0.29, 0.717) is 5.92 Å². The highest BCUT2D eigenvalue weighted by Gasteiger charge is 2.15. The van der Waals surface area contributed by atoms with Gasteiger partial charge in [0.1, 0.15) is 12.4 Å². The molecule has 2 rings (SSSR count). The van der Waals surface area contributed by atoms with E-state index in [-0.39, 0.29) is 23.5 Å². The molecule has 5 heteroatoms. The lowest BCUT2D eigenvalue weighted by Gasteiger charge is -2.19. The van der Waals surface area contributed by atoms with Gasteiger partial charge in [-0.1, -0.05) is 58.9 Å². The fourth-order valence-electron chi connectivity index (χ4n) is 2.51. The topological polar surface area (TPSA) is 55.4 Å². The van der Waals surface area contributed by atoms with E-state index in [1.165, 1.54) is 5.56 Å². The monoisotopic (exact) mass is 375 g/mol. The maximum Gasteiger partial charge on any atom is 0.240 e. The van der Waals surface area contributed by atoms with Gasteiger partial charge in [-0.15, -0.1) is 0 Å². The molecule has 0 fully saturated rings. The van der Waals surface area contributed by atoms with Gasteiger partial charge in [0.05, 0.1) is 4.90 Å². The molecule has 0 saturated heterocycles. The quantitative estimate of drug-likeness (QED) is 0.727. The number of nitrogens with one attached hydrogen (secondary N) is 1. The van der Waals surface area contributed by atoms with Gasteiger partial charge in [-0.3, -0.25) is 0 Å². The van der Waals surface area contributed by atoms with Crippen LogP contribution in [0.5, 0.6) is 5.75 Å². The third-order valence-electron chi connectivity index (χ3n) is 4.22. The molecule has 0 bridgehead atoms. The van der Waals surface area contributed by atoms with E-state index in [2.05, 4.69) is 45.4 Å². The van der Waals surface area contributed by atoms with Crippen LogP contribution >= 0.6 is 0 Å². The van der Waals surface area contributed by atoms with E-state index < -0.39 is 10.0 Å². The lowest BCUT2D eigenvalue weighted by atomic mass is 9.87. The lowest BCUT2D eigenvalue weighted by molar-refractivity contribution is 0.322. The molecule has 0 unspecified atom stereocenters. The first-order valence-corrected chi connectivity index (χ1v) is 10.4. The van der Waals surface area contributed by atoms with Gasteiger partial charge in [-0.2, -0.15) is 0 Å². The Labute approximate surface area is 157 Å². The summed E-state index contributed by atoms with van der Waals surface area (Å²) >= 11 is 0. The zero-order valence-corrected chi connectivity index (χ0v) is 17.1. The zero-order chi connectivity index (χ0) is 19.4. The average Bonchev–Trinajstić information content (AvgIpc) is 2.58. The summed E-state index contributed by atoms with van der Waals surface area (Å²) < 4.78 is 33.0. The predicted molar refractivity (Wildman–Crippen MR) is 106 cm³/mol. The number of ether oxygens (including phenoxy) is 1. The molecule has 0 saturated carbocycles. The summed E-state index contributed by atoms with van der Waals surface area (Å²) in [5.41, 5.74) is 2.34. The molecule has 0 heterocycles. The molecule has 4 nitrogen and oxygen atoms in total. The summed E-state index contributed by atoms with van der Waals surface area (Å²) in [5, 5.41) is 0. The second kappa shape index (κ2) is 8.23. The van der Waals surface area contributed by atoms with Crippen LogP contribution in [0.4, 0.5) is 0 Å². The van der Waals surface area contributed by atoms with E-state index >= 15 is 0 Å². The van der Waals surface area contributed by atoms with Gasteiger partial charge in [0.25, 0.3) is 0 Å². The molecule has 0 aromatic heterocycles.